The van der Waals surface area contributed by atoms with Crippen LogP contribution < -0.4 is 4.90 Å². The minimum Gasteiger partial charge on any atom is -0.314 e. The Morgan fingerprint density at radius 1 is 0.907 bits per heavy atom. The Hall–Kier alpha value is -4.97. The molecule has 43 heavy (non-hydrogen) atoms. The highest BCUT2D eigenvalue weighted by Gasteiger charge is 2.26. The standard InChI is InChI=1S/C38H32N4S/c1-38(2)23-28(22-30(24-38)31(25-39)26-40)13-12-27-14-18-33(19-15-27)42(32-8-4-3-5-9-32)34-20-16-29(17-21-34)37-41-35-10-6-7-11-36(35)43-37/h3-4,6-8,10-22H,5,9,23-24H2,1-2H3/b13-12+. The summed E-state index contributed by atoms with van der Waals surface area (Å²) >= 11 is 1.72. The van der Waals surface area contributed by atoms with Crippen LogP contribution in [-0.4, -0.2) is 4.98 Å². The molecule has 4 nitrogen and oxygen atoms in total. The number of hydrogen-bond donors (Lipinski definition) is 0. The summed E-state index contributed by atoms with van der Waals surface area (Å²) in [5, 5.41) is 19.8. The van der Waals surface area contributed by atoms with E-state index < -0.39 is 0 Å². The average Bonchev–Trinajstić information content (AvgIpc) is 3.46. The maximum absolute atomic E-state index is 9.39. The Balaban J connectivity index is 1.27. The summed E-state index contributed by atoms with van der Waals surface area (Å²) in [6.45, 7) is 4.37. The summed E-state index contributed by atoms with van der Waals surface area (Å²) in [5.41, 5.74) is 8.93. The summed E-state index contributed by atoms with van der Waals surface area (Å²) in [7, 11) is 0. The largest absolute Gasteiger partial charge is 0.314 e. The molecule has 5 heteroatoms. The van der Waals surface area contributed by atoms with Gasteiger partial charge in [-0.05, 0) is 102 Å². The number of anilines is 2. The Kier molecular flexibility index (Phi) is 7.93. The smallest absolute Gasteiger partial charge is 0.132 e. The van der Waals surface area contributed by atoms with Crippen LogP contribution in [0, 0.1) is 28.1 Å². The van der Waals surface area contributed by atoms with Gasteiger partial charge in [0.25, 0.3) is 0 Å². The molecule has 1 aromatic heterocycles. The fraction of sp³-hybridized carbons (Fsp3) is 0.184. The second-order valence-corrected chi connectivity index (χ2v) is 12.8. The Labute approximate surface area is 257 Å². The van der Waals surface area contributed by atoms with Crippen LogP contribution in [0.1, 0.15) is 45.1 Å². The van der Waals surface area contributed by atoms with E-state index in [9.17, 15) is 10.5 Å². The molecule has 0 amide bonds. The molecule has 0 fully saturated rings. The van der Waals surface area contributed by atoms with Crippen molar-refractivity contribution in [2.45, 2.75) is 39.5 Å². The molecule has 2 aliphatic rings. The third-order valence-corrected chi connectivity index (χ3v) is 8.93. The number of benzene rings is 3. The van der Waals surface area contributed by atoms with Crippen molar-refractivity contribution in [2.24, 2.45) is 5.41 Å². The molecular weight excluding hydrogens is 545 g/mol. The normalized spacial score (nSPS) is 16.0. The second kappa shape index (κ2) is 12.1. The molecule has 0 saturated carbocycles. The summed E-state index contributed by atoms with van der Waals surface area (Å²) in [6, 6.07) is 29.8. The zero-order chi connectivity index (χ0) is 29.8. The van der Waals surface area contributed by atoms with Crippen LogP contribution in [-0.2, 0) is 0 Å². The van der Waals surface area contributed by atoms with Crippen molar-refractivity contribution >= 4 is 39.0 Å². The van der Waals surface area contributed by atoms with E-state index in [0.29, 0.717) is 0 Å². The predicted molar refractivity (Wildman–Crippen MR) is 178 cm³/mol. The Morgan fingerprint density at radius 3 is 2.30 bits per heavy atom. The molecule has 0 aliphatic heterocycles. The van der Waals surface area contributed by atoms with Gasteiger partial charge in [0.2, 0.25) is 0 Å². The summed E-state index contributed by atoms with van der Waals surface area (Å²) in [4.78, 5) is 7.18. The fourth-order valence-corrected chi connectivity index (χ4v) is 6.81. The van der Waals surface area contributed by atoms with Gasteiger partial charge in [0.15, 0.2) is 0 Å². The maximum Gasteiger partial charge on any atom is 0.132 e. The molecule has 0 spiro atoms. The van der Waals surface area contributed by atoms with E-state index >= 15 is 0 Å². The van der Waals surface area contributed by atoms with E-state index in [2.05, 4.69) is 128 Å². The van der Waals surface area contributed by atoms with Crippen molar-refractivity contribution in [1.82, 2.24) is 4.98 Å². The molecule has 0 atom stereocenters. The quantitative estimate of drug-likeness (QED) is 0.214. The van der Waals surface area contributed by atoms with Gasteiger partial charge in [-0.2, -0.15) is 10.5 Å². The van der Waals surface area contributed by atoms with Crippen molar-refractivity contribution in [2.75, 3.05) is 4.90 Å². The number of hydrogen-bond acceptors (Lipinski definition) is 5. The molecule has 4 aromatic rings. The summed E-state index contributed by atoms with van der Waals surface area (Å²) < 4.78 is 1.20. The first-order chi connectivity index (χ1) is 20.9. The van der Waals surface area contributed by atoms with Crippen LogP contribution in [0.3, 0.4) is 0 Å². The molecule has 0 unspecified atom stereocenters. The number of fused-ring (bicyclic) bond motifs is 1. The van der Waals surface area contributed by atoms with Gasteiger partial charge < -0.3 is 4.90 Å². The van der Waals surface area contributed by atoms with Crippen molar-refractivity contribution in [1.29, 1.82) is 10.5 Å². The highest BCUT2D eigenvalue weighted by molar-refractivity contribution is 7.21. The van der Waals surface area contributed by atoms with Crippen LogP contribution in [0.4, 0.5) is 11.4 Å². The van der Waals surface area contributed by atoms with Crippen LogP contribution >= 0.6 is 11.3 Å². The summed E-state index contributed by atoms with van der Waals surface area (Å²) in [6.07, 6.45) is 16.4. The molecule has 3 aromatic carbocycles. The van der Waals surface area contributed by atoms with E-state index in [1.807, 2.05) is 12.1 Å². The number of rotatable bonds is 6. The van der Waals surface area contributed by atoms with E-state index in [0.717, 1.165) is 69.9 Å². The van der Waals surface area contributed by atoms with E-state index in [4.69, 9.17) is 4.98 Å². The second-order valence-electron chi connectivity index (χ2n) is 11.8. The topological polar surface area (TPSA) is 63.7 Å². The molecule has 0 bridgehead atoms. The maximum atomic E-state index is 9.39. The van der Waals surface area contributed by atoms with Gasteiger partial charge in [-0.15, -0.1) is 11.3 Å². The van der Waals surface area contributed by atoms with Crippen LogP contribution in [0.2, 0.25) is 0 Å². The van der Waals surface area contributed by atoms with Crippen molar-refractivity contribution in [3.8, 4) is 22.7 Å². The van der Waals surface area contributed by atoms with E-state index in [-0.39, 0.29) is 11.0 Å². The zero-order valence-corrected chi connectivity index (χ0v) is 25.2. The Bertz CT molecular complexity index is 1850. The lowest BCUT2D eigenvalue weighted by Crippen LogP contribution is -2.17. The monoisotopic (exact) mass is 576 g/mol. The molecule has 0 saturated heterocycles. The number of thiazole rings is 1. The number of nitrogens with zero attached hydrogens (tertiary/aromatic N) is 4. The molecule has 6 rings (SSSR count). The molecule has 0 radical (unpaired) electrons. The predicted octanol–water partition coefficient (Wildman–Crippen LogP) is 10.4. The van der Waals surface area contributed by atoms with Gasteiger partial charge in [-0.1, -0.05) is 68.5 Å². The third-order valence-electron chi connectivity index (χ3n) is 7.84. The van der Waals surface area contributed by atoms with E-state index in [1.54, 1.807) is 11.3 Å². The van der Waals surface area contributed by atoms with Crippen LogP contribution in [0.25, 0.3) is 26.9 Å². The first kappa shape index (κ1) is 28.2. The highest BCUT2D eigenvalue weighted by Crippen LogP contribution is 2.40. The van der Waals surface area contributed by atoms with Gasteiger partial charge >= 0.3 is 0 Å². The molecule has 0 N–H and O–H groups in total. The Morgan fingerprint density at radius 2 is 1.63 bits per heavy atom. The van der Waals surface area contributed by atoms with Crippen LogP contribution in [0.5, 0.6) is 0 Å². The molecular formula is C38H32N4S. The first-order valence-electron chi connectivity index (χ1n) is 14.6. The van der Waals surface area contributed by atoms with Gasteiger partial charge in [0, 0.05) is 22.6 Å². The minimum absolute atomic E-state index is 0.00217. The van der Waals surface area contributed by atoms with Crippen molar-refractivity contribution < 1.29 is 0 Å². The average molecular weight is 577 g/mol. The van der Waals surface area contributed by atoms with Crippen molar-refractivity contribution in [3.05, 3.63) is 131 Å². The highest BCUT2D eigenvalue weighted by atomic mass is 32.1. The third kappa shape index (κ3) is 6.28. The lowest BCUT2D eigenvalue weighted by molar-refractivity contribution is 0.354. The lowest BCUT2D eigenvalue weighted by Gasteiger charge is -2.30. The minimum atomic E-state index is -0.00217. The van der Waals surface area contributed by atoms with Crippen molar-refractivity contribution in [3.63, 3.8) is 0 Å². The summed E-state index contributed by atoms with van der Waals surface area (Å²) in [5.74, 6) is 0. The number of aromatic nitrogens is 1. The molecule has 210 valence electrons. The first-order valence-corrected chi connectivity index (χ1v) is 15.4. The lowest BCUT2D eigenvalue weighted by atomic mass is 9.74. The number of nitriles is 2. The molecule has 1 heterocycles. The molecule has 2 aliphatic carbocycles. The SMILES string of the molecule is CC1(C)CC(/C=C/c2ccc(N(C3=CC=CCC3)c3ccc(-c4nc5ccccc5s4)cc3)cc2)=CC(=C(C#N)C#N)C1. The van der Waals surface area contributed by atoms with Gasteiger partial charge in [0.05, 0.1) is 10.2 Å². The zero-order valence-electron chi connectivity index (χ0n) is 24.4. The van der Waals surface area contributed by atoms with Crippen LogP contribution in [0.15, 0.2) is 126 Å². The van der Waals surface area contributed by atoms with Gasteiger partial charge in [0.1, 0.15) is 22.7 Å². The number of para-hydroxylation sites is 1. The number of allylic oxidation sites excluding steroid dienone is 9. The van der Waals surface area contributed by atoms with E-state index in [1.165, 1.54) is 10.4 Å². The van der Waals surface area contributed by atoms with Gasteiger partial charge in [-0.25, -0.2) is 4.98 Å². The van der Waals surface area contributed by atoms with Gasteiger partial charge in [-0.3, -0.25) is 0 Å². The fourth-order valence-electron chi connectivity index (χ4n) is 5.84.